The number of likely N-dealkylation sites (N-methyl/N-ethyl adjacent to an activating group) is 1. The second kappa shape index (κ2) is 6.48. The molecule has 1 atom stereocenters. The fraction of sp³-hybridized carbons (Fsp3) is 0.882. The van der Waals surface area contributed by atoms with Gasteiger partial charge in [-0.25, -0.2) is 0 Å². The molecule has 2 aliphatic heterocycles. The van der Waals surface area contributed by atoms with Crippen LogP contribution in [0, 0.1) is 0 Å². The van der Waals surface area contributed by atoms with Crippen LogP contribution in [0.2, 0.25) is 0 Å². The molecule has 114 valence electrons. The van der Waals surface area contributed by atoms with Crippen LogP contribution in [0.1, 0.15) is 58.3 Å². The largest absolute Gasteiger partial charge is 0.501 e. The van der Waals surface area contributed by atoms with Gasteiger partial charge in [0.1, 0.15) is 0 Å². The van der Waals surface area contributed by atoms with Crippen LogP contribution in [0.15, 0.2) is 11.8 Å². The van der Waals surface area contributed by atoms with E-state index in [0.29, 0.717) is 11.6 Å². The maximum Gasteiger partial charge on any atom is 0.0876 e. The Kier molecular flexibility index (Phi) is 4.67. The molecule has 3 nitrogen and oxygen atoms in total. The number of hydrogen-bond acceptors (Lipinski definition) is 3. The Balaban J connectivity index is 1.87. The highest BCUT2D eigenvalue weighted by molar-refractivity contribution is 5.21. The number of ether oxygens (including phenoxy) is 1. The van der Waals surface area contributed by atoms with E-state index in [-0.39, 0.29) is 0 Å². The molecular weight excluding hydrogens is 248 g/mol. The van der Waals surface area contributed by atoms with Gasteiger partial charge in [0.05, 0.1) is 12.9 Å². The van der Waals surface area contributed by atoms with E-state index in [2.05, 4.69) is 23.4 Å². The molecule has 2 fully saturated rings. The second-order valence-electron chi connectivity index (χ2n) is 6.66. The molecule has 1 N–H and O–H groups in total. The molecule has 0 bridgehead atoms. The van der Waals surface area contributed by atoms with Gasteiger partial charge in [0, 0.05) is 11.6 Å². The monoisotopic (exact) mass is 278 g/mol. The van der Waals surface area contributed by atoms with E-state index in [0.717, 1.165) is 13.2 Å². The number of rotatable bonds is 5. The molecule has 0 aromatic carbocycles. The Morgan fingerprint density at radius 1 is 1.20 bits per heavy atom. The highest BCUT2D eigenvalue weighted by Crippen LogP contribution is 2.43. The van der Waals surface area contributed by atoms with E-state index in [1.807, 2.05) is 0 Å². The van der Waals surface area contributed by atoms with E-state index in [1.165, 1.54) is 70.0 Å². The van der Waals surface area contributed by atoms with Gasteiger partial charge in [-0.15, -0.1) is 0 Å². The van der Waals surface area contributed by atoms with Crippen molar-refractivity contribution in [2.75, 3.05) is 26.2 Å². The standard InChI is InChI=1S/C17H30N2O/c1-2-18-16(15-8-7-13-20-14-15)17(9-3-4-10-17)19-11-5-6-12-19/h14,16,18H,2-13H2,1H3. The average Bonchev–Trinajstić information content (AvgIpc) is 3.17. The minimum absolute atomic E-state index is 0.374. The second-order valence-corrected chi connectivity index (χ2v) is 6.66. The first-order valence-electron chi connectivity index (χ1n) is 8.66. The van der Waals surface area contributed by atoms with Crippen LogP contribution in [0.4, 0.5) is 0 Å². The molecule has 1 saturated heterocycles. The van der Waals surface area contributed by atoms with Gasteiger partial charge in [0.25, 0.3) is 0 Å². The lowest BCUT2D eigenvalue weighted by Crippen LogP contribution is -2.60. The summed E-state index contributed by atoms with van der Waals surface area (Å²) in [5, 5.41) is 3.82. The Labute approximate surface area is 123 Å². The quantitative estimate of drug-likeness (QED) is 0.836. The zero-order chi connectivity index (χ0) is 13.8. The van der Waals surface area contributed by atoms with Crippen LogP contribution in [-0.4, -0.2) is 42.7 Å². The summed E-state index contributed by atoms with van der Waals surface area (Å²) in [6, 6.07) is 0.508. The molecule has 2 heterocycles. The van der Waals surface area contributed by atoms with Crippen molar-refractivity contribution >= 4 is 0 Å². The normalized spacial score (nSPS) is 28.1. The average molecular weight is 278 g/mol. The van der Waals surface area contributed by atoms with Gasteiger partial charge in [-0.2, -0.15) is 0 Å². The first-order chi connectivity index (χ1) is 9.87. The molecule has 0 radical (unpaired) electrons. The van der Waals surface area contributed by atoms with Gasteiger partial charge in [-0.3, -0.25) is 4.90 Å². The third-order valence-corrected chi connectivity index (χ3v) is 5.48. The minimum atomic E-state index is 0.374. The summed E-state index contributed by atoms with van der Waals surface area (Å²) >= 11 is 0. The Bertz CT molecular complexity index is 341. The van der Waals surface area contributed by atoms with Gasteiger partial charge in [0.15, 0.2) is 0 Å². The van der Waals surface area contributed by atoms with Crippen molar-refractivity contribution in [3.8, 4) is 0 Å². The summed E-state index contributed by atoms with van der Waals surface area (Å²) < 4.78 is 5.66. The van der Waals surface area contributed by atoms with Gasteiger partial charge in [-0.05, 0) is 63.7 Å². The van der Waals surface area contributed by atoms with Crippen LogP contribution in [0.3, 0.4) is 0 Å². The summed E-state index contributed by atoms with van der Waals surface area (Å²) in [7, 11) is 0. The van der Waals surface area contributed by atoms with Gasteiger partial charge in [0.2, 0.25) is 0 Å². The predicted octanol–water partition coefficient (Wildman–Crippen LogP) is 3.07. The summed E-state index contributed by atoms with van der Waals surface area (Å²) in [5.41, 5.74) is 1.89. The van der Waals surface area contributed by atoms with Crippen LogP contribution in [-0.2, 0) is 4.74 Å². The summed E-state index contributed by atoms with van der Waals surface area (Å²) in [6.45, 7) is 6.80. The molecule has 3 rings (SSSR count). The molecular formula is C17H30N2O. The molecule has 20 heavy (non-hydrogen) atoms. The molecule has 0 aromatic heterocycles. The molecule has 3 aliphatic rings. The van der Waals surface area contributed by atoms with Crippen molar-refractivity contribution in [1.82, 2.24) is 10.2 Å². The first kappa shape index (κ1) is 14.4. The first-order valence-corrected chi connectivity index (χ1v) is 8.66. The SMILES string of the molecule is CCNC(C1=COCCC1)C1(N2CCCC2)CCCC1. The van der Waals surface area contributed by atoms with Crippen molar-refractivity contribution in [3.63, 3.8) is 0 Å². The highest BCUT2D eigenvalue weighted by Gasteiger charge is 2.47. The van der Waals surface area contributed by atoms with Gasteiger partial charge < -0.3 is 10.1 Å². The summed E-state index contributed by atoms with van der Waals surface area (Å²) in [4.78, 5) is 2.81. The van der Waals surface area contributed by atoms with Crippen LogP contribution < -0.4 is 5.32 Å². The van der Waals surface area contributed by atoms with Crippen molar-refractivity contribution < 1.29 is 4.74 Å². The third kappa shape index (κ3) is 2.62. The third-order valence-electron chi connectivity index (χ3n) is 5.48. The number of nitrogens with one attached hydrogen (secondary N) is 1. The smallest absolute Gasteiger partial charge is 0.0876 e. The van der Waals surface area contributed by atoms with E-state index in [1.54, 1.807) is 0 Å². The highest BCUT2D eigenvalue weighted by atomic mass is 16.5. The lowest BCUT2D eigenvalue weighted by Gasteiger charge is -2.46. The maximum absolute atomic E-state index is 5.66. The van der Waals surface area contributed by atoms with Crippen LogP contribution >= 0.6 is 0 Å². The number of nitrogens with zero attached hydrogens (tertiary/aromatic N) is 1. The lowest BCUT2D eigenvalue weighted by molar-refractivity contribution is 0.0842. The van der Waals surface area contributed by atoms with Gasteiger partial charge >= 0.3 is 0 Å². The van der Waals surface area contributed by atoms with E-state index in [9.17, 15) is 0 Å². The fourth-order valence-corrected chi connectivity index (χ4v) is 4.60. The molecule has 0 aromatic rings. The number of likely N-dealkylation sites (tertiary alicyclic amines) is 1. The molecule has 3 heteroatoms. The molecule has 1 unspecified atom stereocenters. The lowest BCUT2D eigenvalue weighted by atomic mass is 9.80. The van der Waals surface area contributed by atoms with Crippen molar-refractivity contribution in [3.05, 3.63) is 11.8 Å². The zero-order valence-electron chi connectivity index (χ0n) is 13.0. The Morgan fingerprint density at radius 3 is 2.55 bits per heavy atom. The minimum Gasteiger partial charge on any atom is -0.501 e. The summed E-state index contributed by atoms with van der Waals surface area (Å²) in [6.07, 6.45) is 12.8. The molecule has 0 amide bonds. The van der Waals surface area contributed by atoms with E-state index >= 15 is 0 Å². The maximum atomic E-state index is 5.66. The summed E-state index contributed by atoms with van der Waals surface area (Å²) in [5.74, 6) is 0. The van der Waals surface area contributed by atoms with Gasteiger partial charge in [-0.1, -0.05) is 19.8 Å². The van der Waals surface area contributed by atoms with E-state index < -0.39 is 0 Å². The Hall–Kier alpha value is -0.540. The topological polar surface area (TPSA) is 24.5 Å². The van der Waals surface area contributed by atoms with Crippen molar-refractivity contribution in [1.29, 1.82) is 0 Å². The predicted molar refractivity (Wildman–Crippen MR) is 82.7 cm³/mol. The van der Waals surface area contributed by atoms with Crippen molar-refractivity contribution in [2.24, 2.45) is 0 Å². The van der Waals surface area contributed by atoms with E-state index in [4.69, 9.17) is 4.74 Å². The molecule has 1 saturated carbocycles. The molecule has 1 aliphatic carbocycles. The van der Waals surface area contributed by atoms with Crippen molar-refractivity contribution in [2.45, 2.75) is 69.9 Å². The number of hydrogen-bond donors (Lipinski definition) is 1. The zero-order valence-corrected chi connectivity index (χ0v) is 13.0. The van der Waals surface area contributed by atoms with Crippen LogP contribution in [0.5, 0.6) is 0 Å². The molecule has 0 spiro atoms. The fourth-order valence-electron chi connectivity index (χ4n) is 4.60. The van der Waals surface area contributed by atoms with Crippen LogP contribution in [0.25, 0.3) is 0 Å². The Morgan fingerprint density at radius 2 is 1.95 bits per heavy atom.